The minimum absolute atomic E-state index is 0.188. The third-order valence-electron chi connectivity index (χ3n) is 4.17. The van der Waals surface area contributed by atoms with E-state index < -0.39 is 29.3 Å². The molecule has 1 atom stereocenters. The number of carbonyl (C=O) groups excluding carboxylic acids is 2. The average Bonchev–Trinajstić information content (AvgIpc) is 2.65. The Morgan fingerprint density at radius 2 is 1.73 bits per heavy atom. The number of esters is 1. The van der Waals surface area contributed by atoms with Crippen molar-refractivity contribution >= 4 is 23.0 Å². The Kier molecular flexibility index (Phi) is 5.91. The van der Waals surface area contributed by atoms with Crippen molar-refractivity contribution in [3.8, 4) is 5.75 Å². The van der Waals surface area contributed by atoms with Crippen LogP contribution in [0.5, 0.6) is 5.75 Å². The lowest BCUT2D eigenvalue weighted by atomic mass is 10.1. The summed E-state index contributed by atoms with van der Waals surface area (Å²) in [5.74, 6) is -0.519. The van der Waals surface area contributed by atoms with Crippen molar-refractivity contribution < 1.29 is 23.5 Å². The topological polar surface area (TPSA) is 94.8 Å². The van der Waals surface area contributed by atoms with Gasteiger partial charge in [0.05, 0.1) is 0 Å². The fourth-order valence-corrected chi connectivity index (χ4v) is 2.89. The maximum atomic E-state index is 12.9. The summed E-state index contributed by atoms with van der Waals surface area (Å²) in [7, 11) is 0. The van der Waals surface area contributed by atoms with Crippen molar-refractivity contribution in [2.45, 2.75) is 39.3 Å². The molecule has 0 spiro atoms. The van der Waals surface area contributed by atoms with E-state index in [4.69, 9.17) is 13.9 Å². The highest BCUT2D eigenvalue weighted by Gasteiger charge is 2.27. The molecule has 3 aromatic rings. The van der Waals surface area contributed by atoms with Gasteiger partial charge in [-0.2, -0.15) is 0 Å². The maximum Gasteiger partial charge on any atom is 0.408 e. The standard InChI is InChI=1S/C23H23NO6/c1-14-12-19(25)29-18-13-16(10-11-17(14)18)28-21(26)20(15-8-6-5-7-9-15)24-22(27)30-23(2,3)4/h5-13,20H,1-4H3,(H,24,27)/t20-/m1/s1. The molecule has 1 amide bonds. The van der Waals surface area contributed by atoms with Crippen LogP contribution >= 0.6 is 0 Å². The quantitative estimate of drug-likeness (QED) is 0.393. The summed E-state index contributed by atoms with van der Waals surface area (Å²) >= 11 is 0. The van der Waals surface area contributed by atoms with Crippen molar-refractivity contribution in [3.63, 3.8) is 0 Å². The third kappa shape index (κ3) is 5.26. The first-order chi connectivity index (χ1) is 14.1. The summed E-state index contributed by atoms with van der Waals surface area (Å²) in [6, 6.07) is 13.8. The Balaban J connectivity index is 1.87. The van der Waals surface area contributed by atoms with Crippen LogP contribution in [0.4, 0.5) is 4.79 Å². The van der Waals surface area contributed by atoms with E-state index >= 15 is 0 Å². The molecule has 30 heavy (non-hydrogen) atoms. The van der Waals surface area contributed by atoms with Crippen LogP contribution in [-0.4, -0.2) is 17.7 Å². The fourth-order valence-electron chi connectivity index (χ4n) is 2.89. The number of hydrogen-bond donors (Lipinski definition) is 1. The van der Waals surface area contributed by atoms with Gasteiger partial charge >= 0.3 is 17.7 Å². The van der Waals surface area contributed by atoms with Crippen molar-refractivity contribution in [1.29, 1.82) is 0 Å². The Morgan fingerprint density at radius 3 is 2.40 bits per heavy atom. The SMILES string of the molecule is Cc1cc(=O)oc2cc(OC(=O)[C@H](NC(=O)OC(C)(C)C)c3ccccc3)ccc12. The molecule has 7 heteroatoms. The van der Waals surface area contributed by atoms with E-state index in [0.29, 0.717) is 11.1 Å². The van der Waals surface area contributed by atoms with Gasteiger partial charge in [0.1, 0.15) is 16.9 Å². The van der Waals surface area contributed by atoms with Gasteiger partial charge in [-0.05, 0) is 51.0 Å². The van der Waals surface area contributed by atoms with Gasteiger partial charge in [-0.1, -0.05) is 30.3 Å². The number of hydrogen-bond acceptors (Lipinski definition) is 6. The Hall–Kier alpha value is -3.61. The second-order valence-corrected chi connectivity index (χ2v) is 7.82. The number of alkyl carbamates (subject to hydrolysis) is 1. The zero-order valence-corrected chi connectivity index (χ0v) is 17.2. The minimum atomic E-state index is -1.08. The van der Waals surface area contributed by atoms with E-state index in [1.807, 2.05) is 0 Å². The summed E-state index contributed by atoms with van der Waals surface area (Å²) in [5.41, 5.74) is 0.395. The second-order valence-electron chi connectivity index (χ2n) is 7.82. The van der Waals surface area contributed by atoms with Crippen molar-refractivity contribution in [3.05, 3.63) is 76.1 Å². The number of aryl methyl sites for hydroxylation is 1. The van der Waals surface area contributed by atoms with Crippen LogP contribution in [0.3, 0.4) is 0 Å². The molecule has 156 valence electrons. The van der Waals surface area contributed by atoms with E-state index in [1.54, 1.807) is 70.2 Å². The predicted molar refractivity (Wildman–Crippen MR) is 111 cm³/mol. The molecule has 0 saturated carbocycles. The Morgan fingerprint density at radius 1 is 1.03 bits per heavy atom. The minimum Gasteiger partial charge on any atom is -0.444 e. The Labute approximate surface area is 173 Å². The van der Waals surface area contributed by atoms with E-state index in [9.17, 15) is 14.4 Å². The normalized spacial score (nSPS) is 12.3. The van der Waals surface area contributed by atoms with E-state index in [-0.39, 0.29) is 5.75 Å². The molecular formula is C23H23NO6. The molecule has 0 aliphatic carbocycles. The van der Waals surface area contributed by atoms with Gasteiger partial charge in [0, 0.05) is 17.5 Å². The summed E-state index contributed by atoms with van der Waals surface area (Å²) in [5, 5.41) is 3.29. The van der Waals surface area contributed by atoms with Crippen LogP contribution in [0.15, 0.2) is 63.8 Å². The summed E-state index contributed by atoms with van der Waals surface area (Å²) in [6.45, 7) is 6.98. The molecule has 3 rings (SSSR count). The van der Waals surface area contributed by atoms with Gasteiger partial charge in [0.25, 0.3) is 0 Å². The highest BCUT2D eigenvalue weighted by molar-refractivity contribution is 5.86. The highest BCUT2D eigenvalue weighted by Crippen LogP contribution is 2.24. The molecule has 0 bridgehead atoms. The van der Waals surface area contributed by atoms with Gasteiger partial charge in [0.2, 0.25) is 0 Å². The lowest BCUT2D eigenvalue weighted by Crippen LogP contribution is -2.39. The van der Waals surface area contributed by atoms with Gasteiger partial charge in [-0.25, -0.2) is 14.4 Å². The number of fused-ring (bicyclic) bond motifs is 1. The van der Waals surface area contributed by atoms with Crippen LogP contribution < -0.4 is 15.7 Å². The molecule has 0 unspecified atom stereocenters. The third-order valence-corrected chi connectivity index (χ3v) is 4.17. The first-order valence-electron chi connectivity index (χ1n) is 9.43. The maximum absolute atomic E-state index is 12.9. The average molecular weight is 409 g/mol. The molecule has 2 aromatic carbocycles. The second kappa shape index (κ2) is 8.41. The van der Waals surface area contributed by atoms with Crippen molar-refractivity contribution in [2.24, 2.45) is 0 Å². The van der Waals surface area contributed by atoms with Crippen LogP contribution in [0.1, 0.15) is 37.9 Å². The number of ether oxygens (including phenoxy) is 2. The lowest BCUT2D eigenvalue weighted by molar-refractivity contribution is -0.137. The summed E-state index contributed by atoms with van der Waals surface area (Å²) < 4.78 is 15.9. The molecule has 0 fully saturated rings. The van der Waals surface area contributed by atoms with Crippen LogP contribution in [-0.2, 0) is 9.53 Å². The number of rotatable bonds is 4. The van der Waals surface area contributed by atoms with Crippen LogP contribution in [0, 0.1) is 6.92 Å². The summed E-state index contributed by atoms with van der Waals surface area (Å²) in [4.78, 5) is 36.8. The largest absolute Gasteiger partial charge is 0.444 e. The van der Waals surface area contributed by atoms with Gasteiger partial charge < -0.3 is 19.2 Å². The summed E-state index contributed by atoms with van der Waals surface area (Å²) in [6.07, 6.45) is -0.742. The van der Waals surface area contributed by atoms with Gasteiger partial charge in [-0.15, -0.1) is 0 Å². The molecule has 1 aromatic heterocycles. The predicted octanol–water partition coefficient (Wildman–Crippen LogP) is 4.27. The van der Waals surface area contributed by atoms with E-state index in [1.165, 1.54) is 12.1 Å². The van der Waals surface area contributed by atoms with Gasteiger partial charge in [0.15, 0.2) is 6.04 Å². The first-order valence-corrected chi connectivity index (χ1v) is 9.43. The highest BCUT2D eigenvalue weighted by atomic mass is 16.6. The number of carbonyl (C=O) groups is 2. The molecule has 7 nitrogen and oxygen atoms in total. The van der Waals surface area contributed by atoms with Crippen molar-refractivity contribution in [2.75, 3.05) is 0 Å². The van der Waals surface area contributed by atoms with Crippen molar-refractivity contribution in [1.82, 2.24) is 5.32 Å². The first kappa shape index (κ1) is 21.1. The van der Waals surface area contributed by atoms with Gasteiger partial charge in [-0.3, -0.25) is 0 Å². The molecule has 0 aliphatic heterocycles. The lowest BCUT2D eigenvalue weighted by Gasteiger charge is -2.23. The number of benzene rings is 2. The molecule has 0 aliphatic rings. The molecule has 1 heterocycles. The zero-order valence-electron chi connectivity index (χ0n) is 17.2. The Bertz CT molecular complexity index is 1130. The number of amides is 1. The smallest absolute Gasteiger partial charge is 0.408 e. The van der Waals surface area contributed by atoms with Crippen LogP contribution in [0.2, 0.25) is 0 Å². The van der Waals surface area contributed by atoms with Crippen LogP contribution in [0.25, 0.3) is 11.0 Å². The van der Waals surface area contributed by atoms with E-state index in [0.717, 1.165) is 10.9 Å². The molecule has 0 saturated heterocycles. The monoisotopic (exact) mass is 409 g/mol. The molecule has 0 radical (unpaired) electrons. The zero-order chi connectivity index (χ0) is 21.9. The molecular weight excluding hydrogens is 386 g/mol. The molecule has 1 N–H and O–H groups in total. The fraction of sp³-hybridized carbons (Fsp3) is 0.261. The number of nitrogens with one attached hydrogen (secondary N) is 1. The van der Waals surface area contributed by atoms with E-state index in [2.05, 4.69) is 5.32 Å².